The fourth-order valence-electron chi connectivity index (χ4n) is 2.30. The second kappa shape index (κ2) is 4.42. The number of nitrogens with zero attached hydrogens (tertiary/aromatic N) is 1. The largest absolute Gasteiger partial charge is 0.394 e. The predicted octanol–water partition coefficient (Wildman–Crippen LogP) is 1.00. The first-order valence-corrected chi connectivity index (χ1v) is 6.60. The molecule has 0 aromatic carbocycles. The Balaban J connectivity index is 1.72. The molecule has 1 fully saturated rings. The van der Waals surface area contributed by atoms with Crippen LogP contribution >= 0.6 is 11.3 Å². The number of aliphatic hydroxyl groups excluding tert-OH is 2. The zero-order valence-corrected chi connectivity index (χ0v) is 10.1. The van der Waals surface area contributed by atoms with Crippen LogP contribution in [0, 0.1) is 0 Å². The van der Waals surface area contributed by atoms with Crippen LogP contribution in [0.1, 0.15) is 16.9 Å². The van der Waals surface area contributed by atoms with Gasteiger partial charge in [0.2, 0.25) is 0 Å². The maximum Gasteiger partial charge on any atom is 0.133 e. The molecular weight excluding hydrogens is 238 g/mol. The lowest BCUT2D eigenvalue weighted by Crippen LogP contribution is -2.32. The van der Waals surface area contributed by atoms with Crippen molar-refractivity contribution in [1.82, 2.24) is 4.90 Å². The van der Waals surface area contributed by atoms with E-state index in [2.05, 4.69) is 22.4 Å². The zero-order chi connectivity index (χ0) is 11.8. The van der Waals surface area contributed by atoms with Crippen molar-refractivity contribution < 1.29 is 14.9 Å². The Morgan fingerprint density at radius 2 is 2.41 bits per heavy atom. The maximum atomic E-state index is 9.71. The van der Waals surface area contributed by atoms with E-state index < -0.39 is 12.2 Å². The number of rotatable bonds is 2. The van der Waals surface area contributed by atoms with Gasteiger partial charge in [-0.2, -0.15) is 0 Å². The van der Waals surface area contributed by atoms with Gasteiger partial charge in [0.1, 0.15) is 12.3 Å². The Hall–Kier alpha value is -0.880. The van der Waals surface area contributed by atoms with Gasteiger partial charge < -0.3 is 19.8 Å². The van der Waals surface area contributed by atoms with Crippen molar-refractivity contribution in [2.75, 3.05) is 6.61 Å². The van der Waals surface area contributed by atoms with Gasteiger partial charge in [0, 0.05) is 17.5 Å². The first-order chi connectivity index (χ1) is 8.28. The van der Waals surface area contributed by atoms with Crippen LogP contribution < -0.4 is 0 Å². The Kier molecular flexibility index (Phi) is 2.92. The molecule has 3 rings (SSSR count). The smallest absolute Gasteiger partial charge is 0.133 e. The van der Waals surface area contributed by atoms with Crippen LogP contribution in [0.2, 0.25) is 0 Å². The monoisotopic (exact) mass is 253 g/mol. The van der Waals surface area contributed by atoms with Gasteiger partial charge in [-0.25, -0.2) is 0 Å². The van der Waals surface area contributed by atoms with Crippen LogP contribution in [0.25, 0.3) is 6.08 Å². The molecule has 0 aliphatic carbocycles. The molecule has 0 amide bonds. The third-order valence-electron chi connectivity index (χ3n) is 3.31. The van der Waals surface area contributed by atoms with E-state index in [-0.39, 0.29) is 12.8 Å². The number of aliphatic hydroxyl groups is 2. The number of hydrogen-bond donors (Lipinski definition) is 2. The van der Waals surface area contributed by atoms with E-state index in [1.54, 1.807) is 11.3 Å². The molecule has 2 N–H and O–H groups in total. The SMILES string of the molecule is OC[C@H]1O[C@@H](N2C=Cc3ccsc3C2)CC1O. The minimum absolute atomic E-state index is 0.126. The van der Waals surface area contributed by atoms with Gasteiger partial charge in [0.25, 0.3) is 0 Å². The first-order valence-electron chi connectivity index (χ1n) is 5.72. The molecule has 5 heteroatoms. The third kappa shape index (κ3) is 1.99. The second-order valence-corrected chi connectivity index (χ2v) is 5.40. The zero-order valence-electron chi connectivity index (χ0n) is 9.32. The van der Waals surface area contributed by atoms with E-state index in [4.69, 9.17) is 9.84 Å². The molecular formula is C12H15NO3S. The summed E-state index contributed by atoms with van der Waals surface area (Å²) in [4.78, 5) is 3.40. The molecule has 3 atom stereocenters. The lowest BCUT2D eigenvalue weighted by molar-refractivity contribution is -0.0662. The van der Waals surface area contributed by atoms with Crippen molar-refractivity contribution in [3.05, 3.63) is 28.1 Å². The molecule has 0 saturated carbocycles. The number of fused-ring (bicyclic) bond motifs is 1. The molecule has 17 heavy (non-hydrogen) atoms. The van der Waals surface area contributed by atoms with Crippen molar-refractivity contribution in [2.45, 2.75) is 31.4 Å². The van der Waals surface area contributed by atoms with Gasteiger partial charge in [-0.3, -0.25) is 0 Å². The minimum Gasteiger partial charge on any atom is -0.394 e. The molecule has 3 heterocycles. The highest BCUT2D eigenvalue weighted by Gasteiger charge is 2.36. The van der Waals surface area contributed by atoms with Gasteiger partial charge >= 0.3 is 0 Å². The molecule has 0 radical (unpaired) electrons. The summed E-state index contributed by atoms with van der Waals surface area (Å²) in [5.74, 6) is 0. The first kappa shape index (κ1) is 11.2. The third-order valence-corrected chi connectivity index (χ3v) is 4.23. The van der Waals surface area contributed by atoms with Gasteiger partial charge in [0.05, 0.1) is 19.3 Å². The van der Waals surface area contributed by atoms with Crippen LogP contribution in [0.15, 0.2) is 17.6 Å². The van der Waals surface area contributed by atoms with Crippen molar-refractivity contribution >= 4 is 17.4 Å². The second-order valence-electron chi connectivity index (χ2n) is 4.40. The van der Waals surface area contributed by atoms with Gasteiger partial charge in [-0.15, -0.1) is 11.3 Å². The fourth-order valence-corrected chi connectivity index (χ4v) is 3.18. The molecule has 1 saturated heterocycles. The fraction of sp³-hybridized carbons (Fsp3) is 0.500. The van der Waals surface area contributed by atoms with Crippen LogP contribution in [0.4, 0.5) is 0 Å². The van der Waals surface area contributed by atoms with Crippen LogP contribution in [-0.4, -0.2) is 40.2 Å². The lowest BCUT2D eigenvalue weighted by Gasteiger charge is -2.29. The summed E-state index contributed by atoms with van der Waals surface area (Å²) in [6.07, 6.45) is 3.48. The summed E-state index contributed by atoms with van der Waals surface area (Å²) in [6.45, 7) is 0.693. The van der Waals surface area contributed by atoms with E-state index in [9.17, 15) is 5.11 Å². The quantitative estimate of drug-likeness (QED) is 0.825. The van der Waals surface area contributed by atoms with E-state index in [1.165, 1.54) is 10.4 Å². The molecule has 0 spiro atoms. The molecule has 1 aromatic heterocycles. The molecule has 0 bridgehead atoms. The summed E-state index contributed by atoms with van der Waals surface area (Å²) >= 11 is 1.73. The lowest BCUT2D eigenvalue weighted by atomic mass is 10.1. The van der Waals surface area contributed by atoms with Crippen molar-refractivity contribution in [3.63, 3.8) is 0 Å². The Bertz CT molecular complexity index is 431. The highest BCUT2D eigenvalue weighted by molar-refractivity contribution is 7.10. The molecule has 92 valence electrons. The van der Waals surface area contributed by atoms with Crippen molar-refractivity contribution in [2.24, 2.45) is 0 Å². The number of thiophene rings is 1. The Morgan fingerprint density at radius 3 is 3.18 bits per heavy atom. The van der Waals surface area contributed by atoms with E-state index in [0.29, 0.717) is 6.42 Å². The van der Waals surface area contributed by atoms with E-state index in [0.717, 1.165) is 6.54 Å². The van der Waals surface area contributed by atoms with Crippen molar-refractivity contribution in [1.29, 1.82) is 0 Å². The Morgan fingerprint density at radius 1 is 1.53 bits per heavy atom. The highest BCUT2D eigenvalue weighted by atomic mass is 32.1. The number of hydrogen-bond acceptors (Lipinski definition) is 5. The van der Waals surface area contributed by atoms with E-state index >= 15 is 0 Å². The molecule has 4 nitrogen and oxygen atoms in total. The van der Waals surface area contributed by atoms with Gasteiger partial charge in [-0.1, -0.05) is 0 Å². The van der Waals surface area contributed by atoms with E-state index in [1.807, 2.05) is 6.20 Å². The Labute approximate surface area is 104 Å². The number of ether oxygens (including phenoxy) is 1. The van der Waals surface area contributed by atoms with Crippen LogP contribution in [-0.2, 0) is 11.3 Å². The highest BCUT2D eigenvalue weighted by Crippen LogP contribution is 2.30. The van der Waals surface area contributed by atoms with Crippen LogP contribution in [0.5, 0.6) is 0 Å². The molecule has 1 unspecified atom stereocenters. The average Bonchev–Trinajstić information content (AvgIpc) is 2.93. The topological polar surface area (TPSA) is 52.9 Å². The summed E-state index contributed by atoms with van der Waals surface area (Å²) in [5, 5.41) is 20.9. The van der Waals surface area contributed by atoms with Gasteiger partial charge in [0.15, 0.2) is 0 Å². The molecule has 2 aliphatic heterocycles. The summed E-state index contributed by atoms with van der Waals surface area (Å²) in [5.41, 5.74) is 1.27. The molecule has 1 aromatic rings. The van der Waals surface area contributed by atoms with Gasteiger partial charge in [-0.05, 0) is 23.1 Å². The predicted molar refractivity (Wildman–Crippen MR) is 65.3 cm³/mol. The van der Waals surface area contributed by atoms with Crippen LogP contribution in [0.3, 0.4) is 0 Å². The summed E-state index contributed by atoms with van der Waals surface area (Å²) < 4.78 is 5.63. The maximum absolute atomic E-state index is 9.71. The summed E-state index contributed by atoms with van der Waals surface area (Å²) in [7, 11) is 0. The van der Waals surface area contributed by atoms with Crippen molar-refractivity contribution in [3.8, 4) is 0 Å². The molecule has 2 aliphatic rings. The normalized spacial score (nSPS) is 31.9. The average molecular weight is 253 g/mol. The standard InChI is InChI=1S/C12H15NO3S/c14-7-10-9(15)5-12(16-10)13-3-1-8-2-4-17-11(8)6-13/h1-4,9-10,12,14-15H,5-7H2/t9?,10-,12-/m1/s1. The summed E-state index contributed by atoms with van der Waals surface area (Å²) in [6, 6.07) is 2.11. The minimum atomic E-state index is -0.567.